The zero-order chi connectivity index (χ0) is 18.5. The molecule has 0 saturated heterocycles. The highest BCUT2D eigenvalue weighted by Gasteiger charge is 2.16. The van der Waals surface area contributed by atoms with E-state index >= 15 is 0 Å². The maximum absolute atomic E-state index is 12.3. The number of pyridine rings is 1. The summed E-state index contributed by atoms with van der Waals surface area (Å²) < 4.78 is 23.1. The van der Waals surface area contributed by atoms with Gasteiger partial charge in [0.2, 0.25) is 11.2 Å². The minimum atomic E-state index is -1.46. The van der Waals surface area contributed by atoms with E-state index in [4.69, 9.17) is 9.15 Å². The number of carbonyl (C=O) groups is 1. The lowest BCUT2D eigenvalue weighted by atomic mass is 10.2. The fraction of sp³-hybridized carbons (Fsp3) is 0.263. The summed E-state index contributed by atoms with van der Waals surface area (Å²) in [7, 11) is -1.46. The fourth-order valence-corrected chi connectivity index (χ4v) is 3.52. The van der Waals surface area contributed by atoms with Gasteiger partial charge in [-0.1, -0.05) is 25.1 Å². The van der Waals surface area contributed by atoms with Gasteiger partial charge >= 0.3 is 0 Å². The number of hydrogen-bond donors (Lipinski definition) is 1. The van der Waals surface area contributed by atoms with E-state index in [-0.39, 0.29) is 34.2 Å². The summed E-state index contributed by atoms with van der Waals surface area (Å²) in [6, 6.07) is 10.3. The lowest BCUT2D eigenvalue weighted by Crippen LogP contribution is -2.14. The van der Waals surface area contributed by atoms with Gasteiger partial charge in [0.25, 0.3) is 0 Å². The van der Waals surface area contributed by atoms with Crippen LogP contribution in [-0.4, -0.2) is 27.3 Å². The number of ether oxygens (including phenoxy) is 1. The largest absolute Gasteiger partial charge is 0.488 e. The molecule has 0 saturated carbocycles. The summed E-state index contributed by atoms with van der Waals surface area (Å²) >= 11 is 0. The number of fused-ring (bicyclic) bond motifs is 1. The quantitative estimate of drug-likeness (QED) is 0.613. The van der Waals surface area contributed by atoms with Gasteiger partial charge in [0, 0.05) is 34.1 Å². The van der Waals surface area contributed by atoms with Crippen LogP contribution in [0.25, 0.3) is 11.0 Å². The summed E-state index contributed by atoms with van der Waals surface area (Å²) in [5, 5.41) is 0.827. The molecule has 26 heavy (non-hydrogen) atoms. The summed E-state index contributed by atoms with van der Waals surface area (Å²) in [5.74, 6) is 0.00597. The second-order valence-electron chi connectivity index (χ2n) is 5.84. The van der Waals surface area contributed by atoms with Crippen LogP contribution in [0.1, 0.15) is 29.6 Å². The smallest absolute Gasteiger partial charge is 0.223 e. The third-order valence-corrected chi connectivity index (χ3v) is 4.92. The Kier molecular flexibility index (Phi) is 5.68. The number of hydrogen-bond acceptors (Lipinski definition) is 5. The summed E-state index contributed by atoms with van der Waals surface area (Å²) in [6.45, 7) is 2.41. The second-order valence-corrected chi connectivity index (χ2v) is 7.29. The van der Waals surface area contributed by atoms with Crippen molar-refractivity contribution >= 4 is 27.6 Å². The number of rotatable bonds is 8. The van der Waals surface area contributed by atoms with Gasteiger partial charge in [-0.3, -0.25) is 13.8 Å². The van der Waals surface area contributed by atoms with Gasteiger partial charge in [-0.2, -0.15) is 0 Å². The average Bonchev–Trinajstić information content (AvgIpc) is 3.05. The van der Waals surface area contributed by atoms with E-state index in [1.54, 1.807) is 12.1 Å². The molecule has 1 aromatic carbocycles. The van der Waals surface area contributed by atoms with Gasteiger partial charge in [-0.05, 0) is 18.6 Å². The predicted molar refractivity (Wildman–Crippen MR) is 100 cm³/mol. The predicted octanol–water partition coefficient (Wildman–Crippen LogP) is 3.04. The molecule has 0 aliphatic rings. The van der Waals surface area contributed by atoms with Crippen molar-refractivity contribution < 1.29 is 18.2 Å². The van der Waals surface area contributed by atoms with E-state index < -0.39 is 10.8 Å². The first kappa shape index (κ1) is 18.1. The van der Waals surface area contributed by atoms with E-state index in [9.17, 15) is 13.8 Å². The Morgan fingerprint density at radius 2 is 2.08 bits per heavy atom. The monoisotopic (exact) mass is 373 g/mol. The van der Waals surface area contributed by atoms with Crippen LogP contribution in [0.3, 0.4) is 0 Å². The van der Waals surface area contributed by atoms with Gasteiger partial charge in [-0.25, -0.2) is 0 Å². The fourth-order valence-electron chi connectivity index (χ4n) is 2.47. The van der Waals surface area contributed by atoms with Crippen molar-refractivity contribution in [2.45, 2.75) is 19.1 Å². The Morgan fingerprint density at radius 3 is 2.81 bits per heavy atom. The van der Waals surface area contributed by atoms with E-state index in [1.807, 2.05) is 25.1 Å². The number of furan rings is 1. The molecular weight excluding hydrogens is 354 g/mol. The highest BCUT2D eigenvalue weighted by Crippen LogP contribution is 2.19. The standard InChI is InChI=1S/C19H19NO5S/c1-2-7-24-19-10-20-14(9-15(19)21)11-26(23)12-16(22)18-8-13-5-3-4-6-17(13)25-18/h3-6,8-10H,2,7,11-12H2,1H3,(H,20,21). The molecule has 7 heteroatoms. The number of Topliss-reactive ketones (excluding diaryl/α,β-unsaturated/α-hetero) is 1. The Hall–Kier alpha value is -2.67. The molecular formula is C19H19NO5S. The van der Waals surface area contributed by atoms with E-state index in [2.05, 4.69) is 4.98 Å². The van der Waals surface area contributed by atoms with Crippen LogP contribution < -0.4 is 10.2 Å². The maximum atomic E-state index is 12.3. The van der Waals surface area contributed by atoms with Crippen LogP contribution >= 0.6 is 0 Å². The van der Waals surface area contributed by atoms with Crippen molar-refractivity contribution in [3.8, 4) is 5.75 Å². The number of aromatic nitrogens is 1. The van der Waals surface area contributed by atoms with Gasteiger partial charge in [0.15, 0.2) is 11.5 Å². The average molecular weight is 373 g/mol. The Bertz CT molecular complexity index is 971. The summed E-state index contributed by atoms with van der Waals surface area (Å²) in [4.78, 5) is 27.1. The minimum Gasteiger partial charge on any atom is -0.488 e. The molecule has 1 unspecified atom stereocenters. The second kappa shape index (κ2) is 8.14. The van der Waals surface area contributed by atoms with Gasteiger partial charge in [0.1, 0.15) is 5.58 Å². The van der Waals surface area contributed by atoms with Crippen LogP contribution in [0.4, 0.5) is 0 Å². The van der Waals surface area contributed by atoms with Gasteiger partial charge in [0.05, 0.1) is 18.1 Å². The van der Waals surface area contributed by atoms with Crippen molar-refractivity contribution in [1.82, 2.24) is 4.98 Å². The number of H-pyrrole nitrogens is 1. The van der Waals surface area contributed by atoms with Crippen molar-refractivity contribution in [2.24, 2.45) is 0 Å². The molecule has 0 radical (unpaired) electrons. The molecule has 0 spiro atoms. The summed E-state index contributed by atoms with van der Waals surface area (Å²) in [5.41, 5.74) is 0.844. The zero-order valence-electron chi connectivity index (χ0n) is 14.3. The third kappa shape index (κ3) is 4.29. The SMILES string of the molecule is CCCOc1c[nH]c(CS(=O)CC(=O)c2cc3ccccc3o2)cc1=O. The molecule has 0 fully saturated rings. The zero-order valence-corrected chi connectivity index (χ0v) is 15.1. The van der Waals surface area contributed by atoms with E-state index in [0.717, 1.165) is 11.8 Å². The normalized spacial score (nSPS) is 12.2. The molecule has 0 amide bonds. The first-order valence-corrected chi connectivity index (χ1v) is 9.76. The number of ketones is 1. The highest BCUT2D eigenvalue weighted by molar-refractivity contribution is 7.85. The van der Waals surface area contributed by atoms with Crippen molar-refractivity contribution in [1.29, 1.82) is 0 Å². The molecule has 6 nitrogen and oxygen atoms in total. The Balaban J connectivity index is 1.64. The molecule has 3 rings (SSSR count). The molecule has 2 aromatic heterocycles. The molecule has 1 atom stereocenters. The number of aromatic amines is 1. The lowest BCUT2D eigenvalue weighted by molar-refractivity contribution is 0.0993. The van der Waals surface area contributed by atoms with Crippen LogP contribution in [0.2, 0.25) is 0 Å². The number of benzene rings is 1. The highest BCUT2D eigenvalue weighted by atomic mass is 32.2. The van der Waals surface area contributed by atoms with Crippen LogP contribution in [0, 0.1) is 0 Å². The van der Waals surface area contributed by atoms with E-state index in [1.165, 1.54) is 12.3 Å². The molecule has 0 aliphatic carbocycles. The Morgan fingerprint density at radius 1 is 1.27 bits per heavy atom. The van der Waals surface area contributed by atoms with Crippen LogP contribution in [0.5, 0.6) is 5.75 Å². The Labute approximate surface area is 152 Å². The molecule has 0 bridgehead atoms. The summed E-state index contributed by atoms with van der Waals surface area (Å²) in [6.07, 6.45) is 2.26. The first-order valence-electron chi connectivity index (χ1n) is 8.28. The van der Waals surface area contributed by atoms with Crippen molar-refractivity contribution in [3.05, 3.63) is 64.3 Å². The molecule has 1 N–H and O–H groups in total. The molecule has 3 aromatic rings. The van der Waals surface area contributed by atoms with Crippen molar-refractivity contribution in [2.75, 3.05) is 12.4 Å². The number of para-hydroxylation sites is 1. The van der Waals surface area contributed by atoms with Gasteiger partial charge in [-0.15, -0.1) is 0 Å². The van der Waals surface area contributed by atoms with E-state index in [0.29, 0.717) is 17.9 Å². The van der Waals surface area contributed by atoms with Crippen LogP contribution in [-0.2, 0) is 16.6 Å². The third-order valence-electron chi connectivity index (χ3n) is 3.71. The van der Waals surface area contributed by atoms with Crippen molar-refractivity contribution in [3.63, 3.8) is 0 Å². The minimum absolute atomic E-state index is 0.0786. The number of nitrogens with one attached hydrogen (secondary N) is 1. The lowest BCUT2D eigenvalue weighted by Gasteiger charge is -2.05. The maximum Gasteiger partial charge on any atom is 0.223 e. The molecule has 0 aliphatic heterocycles. The molecule has 2 heterocycles. The number of carbonyl (C=O) groups excluding carboxylic acids is 1. The van der Waals surface area contributed by atoms with Crippen LogP contribution in [0.15, 0.2) is 51.8 Å². The first-order chi connectivity index (χ1) is 12.6. The topological polar surface area (TPSA) is 89.4 Å². The van der Waals surface area contributed by atoms with Gasteiger partial charge < -0.3 is 14.1 Å². The molecule has 136 valence electrons.